The summed E-state index contributed by atoms with van der Waals surface area (Å²) < 4.78 is 14.6. The average molecular weight is 366 g/mol. The Balaban J connectivity index is 1.70. The van der Waals surface area contributed by atoms with Gasteiger partial charge in [-0.2, -0.15) is 0 Å². The van der Waals surface area contributed by atoms with E-state index in [0.717, 1.165) is 5.56 Å². The second-order valence-electron chi connectivity index (χ2n) is 6.21. The number of benzene rings is 1. The highest BCUT2D eigenvalue weighted by Crippen LogP contribution is 2.24. The van der Waals surface area contributed by atoms with Crippen LogP contribution in [0.3, 0.4) is 0 Å². The summed E-state index contributed by atoms with van der Waals surface area (Å²) in [5.41, 5.74) is 0.640. The highest BCUT2D eigenvalue weighted by atomic mass is 19.1. The molecule has 3 aromatic rings. The Morgan fingerprint density at radius 2 is 1.89 bits per heavy atom. The maximum absolute atomic E-state index is 13.1. The molecule has 1 aliphatic rings. The minimum atomic E-state index is -0.656. The van der Waals surface area contributed by atoms with Crippen LogP contribution in [-0.4, -0.2) is 37.0 Å². The van der Waals surface area contributed by atoms with Gasteiger partial charge in [0.25, 0.3) is 5.91 Å². The number of hydrogen-bond acceptors (Lipinski definition) is 5. The van der Waals surface area contributed by atoms with E-state index in [0.29, 0.717) is 18.8 Å². The van der Waals surface area contributed by atoms with E-state index in [4.69, 9.17) is 0 Å². The van der Waals surface area contributed by atoms with Crippen molar-refractivity contribution in [3.8, 4) is 17.0 Å². The smallest absolute Gasteiger partial charge is 0.274 e. The van der Waals surface area contributed by atoms with Crippen LogP contribution in [0, 0.1) is 5.82 Å². The molecule has 0 spiro atoms. The predicted octanol–water partition coefficient (Wildman–Crippen LogP) is 1.81. The van der Waals surface area contributed by atoms with Crippen LogP contribution in [0.15, 0.2) is 53.8 Å². The summed E-state index contributed by atoms with van der Waals surface area (Å²) in [6.45, 7) is 1.07. The maximum atomic E-state index is 13.1. The Hall–Kier alpha value is -3.55. The van der Waals surface area contributed by atoms with Gasteiger partial charge in [-0.3, -0.25) is 9.59 Å². The molecule has 8 heteroatoms. The summed E-state index contributed by atoms with van der Waals surface area (Å²) in [5, 5.41) is 10.4. The molecule has 1 N–H and O–H groups in total. The molecule has 0 saturated carbocycles. The number of aromatic hydroxyl groups is 1. The van der Waals surface area contributed by atoms with Crippen molar-refractivity contribution >= 4 is 5.91 Å². The zero-order valence-corrected chi connectivity index (χ0v) is 14.2. The highest BCUT2D eigenvalue weighted by Gasteiger charge is 2.30. The number of aromatic nitrogens is 3. The molecule has 2 aromatic heterocycles. The third-order valence-electron chi connectivity index (χ3n) is 4.50. The monoisotopic (exact) mass is 366 g/mol. The largest absolute Gasteiger partial charge is 0.503 e. The van der Waals surface area contributed by atoms with E-state index in [1.807, 2.05) is 0 Å². The Kier molecular flexibility index (Phi) is 4.15. The minimum Gasteiger partial charge on any atom is -0.503 e. The van der Waals surface area contributed by atoms with Crippen molar-refractivity contribution in [2.45, 2.75) is 13.1 Å². The molecule has 1 aromatic carbocycles. The van der Waals surface area contributed by atoms with Crippen LogP contribution in [0.4, 0.5) is 4.39 Å². The van der Waals surface area contributed by atoms with Crippen LogP contribution in [-0.2, 0) is 13.1 Å². The molecular weight excluding hydrogens is 351 g/mol. The predicted molar refractivity (Wildman–Crippen MR) is 94.5 cm³/mol. The van der Waals surface area contributed by atoms with E-state index in [1.54, 1.807) is 22.8 Å². The summed E-state index contributed by atoms with van der Waals surface area (Å²) >= 11 is 0. The first-order valence-electron chi connectivity index (χ1n) is 8.31. The molecule has 0 radical (unpaired) electrons. The number of amides is 1. The molecule has 27 heavy (non-hydrogen) atoms. The van der Waals surface area contributed by atoms with Gasteiger partial charge in [-0.1, -0.05) is 12.1 Å². The Labute approximate surface area is 153 Å². The second kappa shape index (κ2) is 6.64. The van der Waals surface area contributed by atoms with Gasteiger partial charge in [-0.05, 0) is 23.8 Å². The Morgan fingerprint density at radius 1 is 1.11 bits per heavy atom. The number of carbonyl (C=O) groups excluding carboxylic acids is 1. The SMILES string of the molecule is O=C1c2c(O)c(=O)c(-c3ccncn3)cn2CCN1Cc1ccc(F)cc1. The Bertz CT molecular complexity index is 1060. The first-order valence-corrected chi connectivity index (χ1v) is 8.31. The summed E-state index contributed by atoms with van der Waals surface area (Å²) in [6, 6.07) is 7.42. The van der Waals surface area contributed by atoms with Crippen molar-refractivity contribution in [1.82, 2.24) is 19.4 Å². The number of carbonyl (C=O) groups is 1. The van der Waals surface area contributed by atoms with Crippen LogP contribution in [0.5, 0.6) is 5.75 Å². The molecular formula is C19H15FN4O3. The third kappa shape index (κ3) is 3.05. The number of fused-ring (bicyclic) bond motifs is 1. The van der Waals surface area contributed by atoms with Gasteiger partial charge in [0.05, 0.1) is 11.3 Å². The number of hydrogen-bond donors (Lipinski definition) is 1. The van der Waals surface area contributed by atoms with Crippen LogP contribution < -0.4 is 5.43 Å². The van der Waals surface area contributed by atoms with E-state index >= 15 is 0 Å². The molecule has 7 nitrogen and oxygen atoms in total. The van der Waals surface area contributed by atoms with Crippen LogP contribution in [0.2, 0.25) is 0 Å². The molecule has 0 saturated heterocycles. The van der Waals surface area contributed by atoms with Crippen molar-refractivity contribution in [3.05, 3.63) is 76.4 Å². The lowest BCUT2D eigenvalue weighted by Crippen LogP contribution is -2.41. The van der Waals surface area contributed by atoms with Gasteiger partial charge in [-0.25, -0.2) is 14.4 Å². The van der Waals surface area contributed by atoms with Crippen molar-refractivity contribution in [3.63, 3.8) is 0 Å². The lowest BCUT2D eigenvalue weighted by molar-refractivity contribution is 0.0683. The number of nitrogens with zero attached hydrogens (tertiary/aromatic N) is 4. The fraction of sp³-hybridized carbons (Fsp3) is 0.158. The van der Waals surface area contributed by atoms with Crippen molar-refractivity contribution in [2.75, 3.05) is 6.54 Å². The van der Waals surface area contributed by atoms with Gasteiger partial charge in [-0.15, -0.1) is 0 Å². The number of rotatable bonds is 3. The quantitative estimate of drug-likeness (QED) is 0.764. The molecule has 1 amide bonds. The molecule has 0 fully saturated rings. The van der Waals surface area contributed by atoms with Gasteiger partial charge < -0.3 is 14.6 Å². The van der Waals surface area contributed by atoms with Crippen LogP contribution in [0.1, 0.15) is 16.1 Å². The topological polar surface area (TPSA) is 88.3 Å². The molecule has 4 rings (SSSR count). The molecule has 0 bridgehead atoms. The van der Waals surface area contributed by atoms with Crippen molar-refractivity contribution in [1.29, 1.82) is 0 Å². The zero-order chi connectivity index (χ0) is 19.0. The lowest BCUT2D eigenvalue weighted by Gasteiger charge is -2.30. The fourth-order valence-corrected chi connectivity index (χ4v) is 3.12. The summed E-state index contributed by atoms with van der Waals surface area (Å²) in [7, 11) is 0. The Morgan fingerprint density at radius 3 is 2.59 bits per heavy atom. The highest BCUT2D eigenvalue weighted by molar-refractivity contribution is 5.96. The fourth-order valence-electron chi connectivity index (χ4n) is 3.12. The van der Waals surface area contributed by atoms with Crippen molar-refractivity contribution in [2.24, 2.45) is 0 Å². The van der Waals surface area contributed by atoms with Crippen molar-refractivity contribution < 1.29 is 14.3 Å². The van der Waals surface area contributed by atoms with Gasteiger partial charge in [0.2, 0.25) is 5.43 Å². The van der Waals surface area contributed by atoms with E-state index in [2.05, 4.69) is 9.97 Å². The average Bonchev–Trinajstić information content (AvgIpc) is 2.69. The summed E-state index contributed by atoms with van der Waals surface area (Å²) in [4.78, 5) is 34.7. The normalized spacial score (nSPS) is 13.5. The van der Waals surface area contributed by atoms with E-state index in [9.17, 15) is 19.1 Å². The standard InChI is InChI=1S/C19H15FN4O3/c20-13-3-1-12(2-4-13)9-24-8-7-23-10-14(15-5-6-21-11-22-15)17(25)18(26)16(23)19(24)27/h1-6,10-11,26H,7-9H2. The molecule has 0 aliphatic carbocycles. The summed E-state index contributed by atoms with van der Waals surface area (Å²) in [5.74, 6) is -1.40. The molecule has 0 atom stereocenters. The number of pyridine rings is 1. The molecule has 136 valence electrons. The minimum absolute atomic E-state index is 0.0498. The van der Waals surface area contributed by atoms with Gasteiger partial charge in [0, 0.05) is 32.0 Å². The van der Waals surface area contributed by atoms with Crippen LogP contribution >= 0.6 is 0 Å². The molecule has 3 heterocycles. The van der Waals surface area contributed by atoms with E-state index < -0.39 is 17.1 Å². The van der Waals surface area contributed by atoms with E-state index in [-0.39, 0.29) is 23.6 Å². The first kappa shape index (κ1) is 16.9. The van der Waals surface area contributed by atoms with Gasteiger partial charge >= 0.3 is 0 Å². The molecule has 0 unspecified atom stereocenters. The van der Waals surface area contributed by atoms with Gasteiger partial charge in [0.15, 0.2) is 11.4 Å². The van der Waals surface area contributed by atoms with Gasteiger partial charge in [0.1, 0.15) is 12.1 Å². The number of halogens is 1. The van der Waals surface area contributed by atoms with E-state index in [1.165, 1.54) is 35.8 Å². The lowest BCUT2D eigenvalue weighted by atomic mass is 10.1. The maximum Gasteiger partial charge on any atom is 0.274 e. The van der Waals surface area contributed by atoms with Crippen LogP contribution in [0.25, 0.3) is 11.3 Å². The molecule has 1 aliphatic heterocycles. The first-order chi connectivity index (χ1) is 13.0. The summed E-state index contributed by atoms with van der Waals surface area (Å²) in [6.07, 6.45) is 4.34. The third-order valence-corrected chi connectivity index (χ3v) is 4.50. The second-order valence-corrected chi connectivity index (χ2v) is 6.21. The zero-order valence-electron chi connectivity index (χ0n) is 14.2.